The smallest absolute Gasteiger partial charge is 0.230 e. The molecule has 116 valence electrons. The molecule has 0 unspecified atom stereocenters. The van der Waals surface area contributed by atoms with Gasteiger partial charge >= 0.3 is 0 Å². The lowest BCUT2D eigenvalue weighted by molar-refractivity contribution is 0.415. The molecule has 1 fully saturated rings. The van der Waals surface area contributed by atoms with E-state index in [-0.39, 0.29) is 0 Å². The largest absolute Gasteiger partial charge is 0.497 e. The van der Waals surface area contributed by atoms with E-state index in [1.807, 2.05) is 48.5 Å². The fourth-order valence-electron chi connectivity index (χ4n) is 2.01. The maximum Gasteiger partial charge on any atom is 0.230 e. The molecule has 0 amide bonds. The maximum absolute atomic E-state index is 13.0. The molecule has 0 spiro atoms. The van der Waals surface area contributed by atoms with E-state index in [2.05, 4.69) is 0 Å². The summed E-state index contributed by atoms with van der Waals surface area (Å²) in [4.78, 5) is 0. The van der Waals surface area contributed by atoms with Crippen LogP contribution in [0.15, 0.2) is 48.5 Å². The molecular formula is C14H14O3P2S3. The van der Waals surface area contributed by atoms with Gasteiger partial charge < -0.3 is 9.47 Å². The van der Waals surface area contributed by atoms with Crippen molar-refractivity contribution in [2.75, 3.05) is 14.2 Å². The van der Waals surface area contributed by atoms with Crippen molar-refractivity contribution in [1.82, 2.24) is 0 Å². The number of benzene rings is 2. The highest BCUT2D eigenvalue weighted by Crippen LogP contribution is 3.03. The van der Waals surface area contributed by atoms with E-state index >= 15 is 0 Å². The second kappa shape index (κ2) is 6.26. The van der Waals surface area contributed by atoms with E-state index in [4.69, 9.17) is 21.3 Å². The van der Waals surface area contributed by atoms with Gasteiger partial charge in [0.2, 0.25) is 5.55 Å². The molecule has 0 N–H and O–H groups in total. The van der Waals surface area contributed by atoms with Crippen LogP contribution in [-0.4, -0.2) is 14.2 Å². The lowest BCUT2D eigenvalue weighted by atomic mass is 10.3. The highest BCUT2D eigenvalue weighted by molar-refractivity contribution is 9.44. The van der Waals surface area contributed by atoms with Gasteiger partial charge in [0.25, 0.3) is 0 Å². The molecule has 0 saturated carbocycles. The second-order valence-electron chi connectivity index (χ2n) is 4.55. The van der Waals surface area contributed by atoms with Crippen LogP contribution < -0.4 is 20.1 Å². The molecule has 0 atom stereocenters. The summed E-state index contributed by atoms with van der Waals surface area (Å²) in [7, 11) is 3.26. The van der Waals surface area contributed by atoms with Gasteiger partial charge in [0, 0.05) is 10.6 Å². The Morgan fingerprint density at radius 3 is 1.64 bits per heavy atom. The van der Waals surface area contributed by atoms with E-state index in [1.54, 1.807) is 14.2 Å². The van der Waals surface area contributed by atoms with Crippen LogP contribution in [0.2, 0.25) is 0 Å². The molecular weight excluding hydrogens is 374 g/mol. The van der Waals surface area contributed by atoms with E-state index in [0.29, 0.717) is 0 Å². The van der Waals surface area contributed by atoms with Gasteiger partial charge in [0.15, 0.2) is 0 Å². The van der Waals surface area contributed by atoms with Gasteiger partial charge in [0.1, 0.15) is 15.9 Å². The van der Waals surface area contributed by atoms with Crippen molar-refractivity contribution in [2.45, 2.75) is 0 Å². The number of hydrogen-bond donors (Lipinski definition) is 0. The third-order valence-electron chi connectivity index (χ3n) is 3.21. The molecule has 8 heteroatoms. The molecule has 3 nitrogen and oxygen atoms in total. The summed E-state index contributed by atoms with van der Waals surface area (Å²) in [6, 6.07) is 15.2. The van der Waals surface area contributed by atoms with Gasteiger partial charge in [-0.15, -0.1) is 0 Å². The van der Waals surface area contributed by atoms with Crippen molar-refractivity contribution in [3.63, 3.8) is 0 Å². The number of hydrogen-bond acceptors (Lipinski definition) is 6. The summed E-state index contributed by atoms with van der Waals surface area (Å²) in [5, 5.41) is 1.93. The van der Waals surface area contributed by atoms with Crippen molar-refractivity contribution in [1.29, 1.82) is 0 Å². The van der Waals surface area contributed by atoms with Crippen LogP contribution >= 0.6 is 32.0 Å². The lowest BCUT2D eigenvalue weighted by Crippen LogP contribution is -2.09. The highest BCUT2D eigenvalue weighted by atomic mass is 33.7. The summed E-state index contributed by atoms with van der Waals surface area (Å²) >= 11 is 8.72. The molecule has 1 heterocycles. The number of rotatable bonds is 4. The van der Waals surface area contributed by atoms with Crippen LogP contribution in [0.25, 0.3) is 0 Å². The van der Waals surface area contributed by atoms with Crippen molar-refractivity contribution in [2.24, 2.45) is 0 Å². The average Bonchev–Trinajstić information content (AvgIpc) is 2.53. The van der Waals surface area contributed by atoms with Gasteiger partial charge in [0.05, 0.1) is 14.2 Å². The molecule has 1 aliphatic rings. The summed E-state index contributed by atoms with van der Waals surface area (Å²) in [5.74, 6) is 1.57. The summed E-state index contributed by atoms with van der Waals surface area (Å²) in [5.41, 5.74) is -2.49. The minimum Gasteiger partial charge on any atom is -0.497 e. The minimum atomic E-state index is -2.49. The van der Waals surface area contributed by atoms with Crippen molar-refractivity contribution < 1.29 is 14.0 Å². The van der Waals surface area contributed by atoms with Crippen LogP contribution in [0.5, 0.6) is 11.5 Å². The first-order valence-corrected chi connectivity index (χ1v) is 15.0. The molecule has 22 heavy (non-hydrogen) atoms. The highest BCUT2D eigenvalue weighted by Gasteiger charge is 2.49. The molecule has 1 aliphatic heterocycles. The molecule has 2 aromatic carbocycles. The van der Waals surface area contributed by atoms with Gasteiger partial charge in [-0.05, 0) is 70.5 Å². The van der Waals surface area contributed by atoms with E-state index < -0.39 is 9.99 Å². The van der Waals surface area contributed by atoms with E-state index in [1.165, 1.54) is 22.0 Å². The molecule has 0 aliphatic carbocycles. The minimum absolute atomic E-state index is 0.764. The third-order valence-corrected chi connectivity index (χ3v) is 30.2. The molecule has 3 rings (SSSR count). The predicted octanol–water partition coefficient (Wildman–Crippen LogP) is 4.64. The predicted molar refractivity (Wildman–Crippen MR) is 102 cm³/mol. The lowest BCUT2D eigenvalue weighted by Gasteiger charge is -2.37. The molecule has 0 radical (unpaired) electrons. The topological polar surface area (TPSA) is 35.5 Å². The van der Waals surface area contributed by atoms with Gasteiger partial charge in [-0.3, -0.25) is 4.57 Å². The van der Waals surface area contributed by atoms with Crippen LogP contribution in [0.3, 0.4) is 0 Å². The fourth-order valence-corrected chi connectivity index (χ4v) is 33.3. The zero-order chi connectivity index (χ0) is 15.8. The maximum atomic E-state index is 13.0. The first-order valence-electron chi connectivity index (χ1n) is 6.41. The standard InChI is InChI=1S/C14H14O3P2S3/c1-16-11-3-7-13(8-4-11)18(15)21-19(20,22-18)14-9-5-12(17-2)6-10-14/h3-10H,1-2H3. The van der Waals surface area contributed by atoms with Crippen LogP contribution in [-0.2, 0) is 16.4 Å². The summed E-state index contributed by atoms with van der Waals surface area (Å²) < 4.78 is 21.4. The Labute approximate surface area is 142 Å². The average molecular weight is 388 g/mol. The van der Waals surface area contributed by atoms with Crippen molar-refractivity contribution in [3.05, 3.63) is 48.5 Å². The summed E-state index contributed by atoms with van der Waals surface area (Å²) in [6.07, 6.45) is 0. The van der Waals surface area contributed by atoms with Crippen LogP contribution in [0.1, 0.15) is 0 Å². The van der Waals surface area contributed by atoms with E-state index in [9.17, 15) is 4.57 Å². The zero-order valence-corrected chi connectivity index (χ0v) is 16.2. The third kappa shape index (κ3) is 3.00. The first kappa shape index (κ1) is 16.5. The Morgan fingerprint density at radius 2 is 1.23 bits per heavy atom. The Balaban J connectivity index is 1.81. The Morgan fingerprint density at radius 1 is 0.818 bits per heavy atom. The number of ether oxygens (including phenoxy) is 2. The van der Waals surface area contributed by atoms with Crippen LogP contribution in [0, 0.1) is 0 Å². The Kier molecular flexibility index (Phi) is 4.69. The number of methoxy groups -OCH3 is 2. The SMILES string of the molecule is COc1ccc(P2(=O)SP(=S)(c3ccc(OC)cc3)S2)cc1. The van der Waals surface area contributed by atoms with Gasteiger partial charge in [-0.2, -0.15) is 0 Å². The van der Waals surface area contributed by atoms with Gasteiger partial charge in [-0.1, -0.05) is 11.8 Å². The second-order valence-corrected chi connectivity index (χ2v) is 22.6. The van der Waals surface area contributed by atoms with Gasteiger partial charge in [-0.25, -0.2) is 0 Å². The Bertz CT molecular complexity index is 695. The Hall–Kier alpha value is -0.380. The zero-order valence-electron chi connectivity index (χ0n) is 12.0. The summed E-state index contributed by atoms with van der Waals surface area (Å²) in [6.45, 7) is 0. The normalized spacial score (nSPS) is 27.0. The molecule has 1 saturated heterocycles. The van der Waals surface area contributed by atoms with Crippen molar-refractivity contribution in [3.8, 4) is 11.5 Å². The fraction of sp³-hybridized carbons (Fsp3) is 0.143. The molecule has 0 aromatic heterocycles. The van der Waals surface area contributed by atoms with E-state index in [0.717, 1.165) is 22.1 Å². The quantitative estimate of drug-likeness (QED) is 0.711. The van der Waals surface area contributed by atoms with Crippen LogP contribution in [0.4, 0.5) is 0 Å². The first-order chi connectivity index (χ1) is 10.5. The van der Waals surface area contributed by atoms with Crippen molar-refractivity contribution >= 4 is 54.4 Å². The monoisotopic (exact) mass is 388 g/mol. The molecule has 0 bridgehead atoms. The molecule has 2 aromatic rings.